The van der Waals surface area contributed by atoms with Gasteiger partial charge in [-0.1, -0.05) is 12.1 Å². The fraction of sp³-hybridized carbons (Fsp3) is 0.429. The predicted octanol–water partition coefficient (Wildman–Crippen LogP) is 2.03. The molecule has 0 unspecified atom stereocenters. The lowest BCUT2D eigenvalue weighted by Gasteiger charge is -2.14. The monoisotopic (exact) mass is 279 g/mol. The van der Waals surface area contributed by atoms with Gasteiger partial charge in [0.05, 0.1) is 12.2 Å². The molecule has 0 aliphatic carbocycles. The highest BCUT2D eigenvalue weighted by Gasteiger charge is 2.17. The first-order chi connectivity index (χ1) is 9.15. The number of carboxylic acids is 1. The van der Waals surface area contributed by atoms with Crippen LogP contribution in [0.3, 0.4) is 0 Å². The number of carbonyl (C=O) groups excluding carboxylic acids is 1. The van der Waals surface area contributed by atoms with E-state index in [2.05, 4.69) is 0 Å². The zero-order valence-corrected chi connectivity index (χ0v) is 11.5. The molecule has 19 heavy (non-hydrogen) atoms. The van der Waals surface area contributed by atoms with Crippen molar-refractivity contribution in [3.63, 3.8) is 0 Å². The molecule has 102 valence electrons. The molecule has 1 heterocycles. The Bertz CT molecular complexity index is 452. The standard InChI is InChI=1S/C14H17NO3S/c16-13(15-7-1-2-8-15)10-19-12-5-3-11(4-6-12)9-14(17)18/h3-6H,1-2,7-10H2,(H,17,18). The summed E-state index contributed by atoms with van der Waals surface area (Å²) in [6.45, 7) is 1.77. The number of nitrogens with zero attached hydrogens (tertiary/aromatic N) is 1. The number of rotatable bonds is 5. The van der Waals surface area contributed by atoms with Crippen LogP contribution in [-0.4, -0.2) is 40.7 Å². The third kappa shape index (κ3) is 4.28. The van der Waals surface area contributed by atoms with Gasteiger partial charge in [0, 0.05) is 18.0 Å². The van der Waals surface area contributed by atoms with E-state index in [0.717, 1.165) is 36.4 Å². The molecule has 1 aliphatic rings. The third-order valence-corrected chi connectivity index (χ3v) is 4.10. The zero-order chi connectivity index (χ0) is 13.7. The predicted molar refractivity (Wildman–Crippen MR) is 74.3 cm³/mol. The van der Waals surface area contributed by atoms with Crippen LogP contribution in [0.15, 0.2) is 29.2 Å². The molecule has 0 saturated carbocycles. The Morgan fingerprint density at radius 1 is 1.16 bits per heavy atom. The normalized spacial score (nSPS) is 14.6. The molecule has 0 spiro atoms. The van der Waals surface area contributed by atoms with E-state index in [0.29, 0.717) is 5.75 Å². The van der Waals surface area contributed by atoms with Gasteiger partial charge >= 0.3 is 5.97 Å². The van der Waals surface area contributed by atoms with Crippen molar-refractivity contribution in [2.75, 3.05) is 18.8 Å². The summed E-state index contributed by atoms with van der Waals surface area (Å²) >= 11 is 1.50. The van der Waals surface area contributed by atoms with Crippen LogP contribution in [0.2, 0.25) is 0 Å². The van der Waals surface area contributed by atoms with Crippen LogP contribution in [0.1, 0.15) is 18.4 Å². The minimum Gasteiger partial charge on any atom is -0.481 e. The smallest absolute Gasteiger partial charge is 0.307 e. The second kappa shape index (κ2) is 6.61. The summed E-state index contributed by atoms with van der Waals surface area (Å²) in [5.74, 6) is -0.181. The third-order valence-electron chi connectivity index (χ3n) is 3.10. The number of benzene rings is 1. The Hall–Kier alpha value is -1.49. The summed E-state index contributed by atoms with van der Waals surface area (Å²) in [4.78, 5) is 25.3. The average Bonchev–Trinajstić information content (AvgIpc) is 2.91. The first-order valence-corrected chi connectivity index (χ1v) is 7.35. The number of hydrogen-bond donors (Lipinski definition) is 1. The van der Waals surface area contributed by atoms with Crippen molar-refractivity contribution in [2.24, 2.45) is 0 Å². The molecule has 1 aliphatic heterocycles. The SMILES string of the molecule is O=C(O)Cc1ccc(SCC(=O)N2CCCC2)cc1. The minimum absolute atomic E-state index is 0.0393. The second-order valence-electron chi connectivity index (χ2n) is 4.59. The van der Waals surface area contributed by atoms with Crippen molar-refractivity contribution in [1.29, 1.82) is 0 Å². The van der Waals surface area contributed by atoms with E-state index >= 15 is 0 Å². The van der Waals surface area contributed by atoms with E-state index in [1.165, 1.54) is 11.8 Å². The van der Waals surface area contributed by atoms with E-state index < -0.39 is 5.97 Å². The molecule has 2 rings (SSSR count). The maximum Gasteiger partial charge on any atom is 0.307 e. The van der Waals surface area contributed by atoms with Crippen molar-refractivity contribution in [3.05, 3.63) is 29.8 Å². The molecule has 5 heteroatoms. The molecule has 1 fully saturated rings. The van der Waals surface area contributed by atoms with Crippen molar-refractivity contribution >= 4 is 23.6 Å². The van der Waals surface area contributed by atoms with Crippen LogP contribution < -0.4 is 0 Å². The molecule has 0 radical (unpaired) electrons. The number of thioether (sulfide) groups is 1. The maximum atomic E-state index is 11.9. The molecule has 1 aromatic rings. The first kappa shape index (κ1) is 13.9. The van der Waals surface area contributed by atoms with Crippen molar-refractivity contribution in [2.45, 2.75) is 24.2 Å². The van der Waals surface area contributed by atoms with Gasteiger partial charge in [-0.3, -0.25) is 9.59 Å². The largest absolute Gasteiger partial charge is 0.481 e. The van der Waals surface area contributed by atoms with Gasteiger partial charge in [0.25, 0.3) is 0 Å². The van der Waals surface area contributed by atoms with Gasteiger partial charge in [-0.25, -0.2) is 0 Å². The number of likely N-dealkylation sites (tertiary alicyclic amines) is 1. The van der Waals surface area contributed by atoms with Gasteiger partial charge in [-0.05, 0) is 30.5 Å². The van der Waals surface area contributed by atoms with E-state index in [4.69, 9.17) is 5.11 Å². The van der Waals surface area contributed by atoms with Gasteiger partial charge in [-0.15, -0.1) is 11.8 Å². The zero-order valence-electron chi connectivity index (χ0n) is 10.7. The van der Waals surface area contributed by atoms with E-state index in [1.807, 2.05) is 17.0 Å². The van der Waals surface area contributed by atoms with Crippen molar-refractivity contribution in [3.8, 4) is 0 Å². The average molecular weight is 279 g/mol. The highest BCUT2D eigenvalue weighted by atomic mass is 32.2. The van der Waals surface area contributed by atoms with Gasteiger partial charge in [0.15, 0.2) is 0 Å². The molecule has 4 nitrogen and oxygen atoms in total. The summed E-state index contributed by atoms with van der Waals surface area (Å²) in [5.41, 5.74) is 0.780. The number of amides is 1. The van der Waals surface area contributed by atoms with E-state index in [1.54, 1.807) is 12.1 Å². The summed E-state index contributed by atoms with van der Waals surface area (Å²) in [5, 5.41) is 8.68. The molecular formula is C14H17NO3S. The fourth-order valence-electron chi connectivity index (χ4n) is 2.08. The van der Waals surface area contributed by atoms with Crippen LogP contribution in [0.25, 0.3) is 0 Å². The van der Waals surface area contributed by atoms with Gasteiger partial charge in [0.1, 0.15) is 0 Å². The molecule has 1 saturated heterocycles. The summed E-state index contributed by atoms with van der Waals surface area (Å²) in [6.07, 6.45) is 2.26. The summed E-state index contributed by atoms with van der Waals surface area (Å²) in [7, 11) is 0. The summed E-state index contributed by atoms with van der Waals surface area (Å²) < 4.78 is 0. The second-order valence-corrected chi connectivity index (χ2v) is 5.64. The molecule has 1 N–H and O–H groups in total. The quantitative estimate of drug-likeness (QED) is 0.838. The molecule has 0 bridgehead atoms. The van der Waals surface area contributed by atoms with Gasteiger partial charge in [0.2, 0.25) is 5.91 Å². The molecule has 0 atom stereocenters. The highest BCUT2D eigenvalue weighted by Crippen LogP contribution is 2.20. The number of aliphatic carboxylic acids is 1. The molecule has 1 amide bonds. The Morgan fingerprint density at radius 3 is 2.37 bits per heavy atom. The van der Waals surface area contributed by atoms with Crippen LogP contribution in [-0.2, 0) is 16.0 Å². The maximum absolute atomic E-state index is 11.9. The van der Waals surface area contributed by atoms with Crippen molar-refractivity contribution in [1.82, 2.24) is 4.90 Å². The Kier molecular flexibility index (Phi) is 4.85. The lowest BCUT2D eigenvalue weighted by molar-refractivity contribution is -0.136. The van der Waals surface area contributed by atoms with E-state index in [9.17, 15) is 9.59 Å². The highest BCUT2D eigenvalue weighted by molar-refractivity contribution is 8.00. The molecular weight excluding hydrogens is 262 g/mol. The molecule has 1 aromatic carbocycles. The Balaban J connectivity index is 1.82. The number of carboxylic acid groups (broad SMARTS) is 1. The lowest BCUT2D eigenvalue weighted by Crippen LogP contribution is -2.29. The molecule has 0 aromatic heterocycles. The van der Waals surface area contributed by atoms with Crippen LogP contribution in [0, 0.1) is 0 Å². The Morgan fingerprint density at radius 2 is 1.79 bits per heavy atom. The number of hydrogen-bond acceptors (Lipinski definition) is 3. The summed E-state index contributed by atoms with van der Waals surface area (Å²) in [6, 6.07) is 7.36. The van der Waals surface area contributed by atoms with E-state index in [-0.39, 0.29) is 12.3 Å². The van der Waals surface area contributed by atoms with Crippen LogP contribution in [0.5, 0.6) is 0 Å². The van der Waals surface area contributed by atoms with Crippen molar-refractivity contribution < 1.29 is 14.7 Å². The number of carbonyl (C=O) groups is 2. The van der Waals surface area contributed by atoms with Gasteiger partial charge < -0.3 is 10.0 Å². The topological polar surface area (TPSA) is 57.6 Å². The Labute approximate surface area is 116 Å². The lowest BCUT2D eigenvalue weighted by atomic mass is 10.2. The van der Waals surface area contributed by atoms with Crippen LogP contribution >= 0.6 is 11.8 Å². The van der Waals surface area contributed by atoms with Gasteiger partial charge in [-0.2, -0.15) is 0 Å². The fourth-order valence-corrected chi connectivity index (χ4v) is 2.88. The first-order valence-electron chi connectivity index (χ1n) is 6.36. The minimum atomic E-state index is -0.829. The van der Waals surface area contributed by atoms with Crippen LogP contribution in [0.4, 0.5) is 0 Å².